The average Bonchev–Trinajstić information content (AvgIpc) is 2.42. The predicted octanol–water partition coefficient (Wildman–Crippen LogP) is 4.85. The number of nitrogens with zero attached hydrogens (tertiary/aromatic N) is 1. The van der Waals surface area contributed by atoms with Crippen LogP contribution in [0.2, 0.25) is 0 Å². The highest BCUT2D eigenvalue weighted by Crippen LogP contribution is 2.49. The average molecular weight is 309 g/mol. The number of rotatable bonds is 0. The Morgan fingerprint density at radius 3 is 2.38 bits per heavy atom. The predicted molar refractivity (Wildman–Crippen MR) is 74.8 cm³/mol. The summed E-state index contributed by atoms with van der Waals surface area (Å²) < 4.78 is 38.5. The SMILES string of the molecule is CC(=O)N1c2ccccc2Sc2cc(C(F)(F)F)ccc21. The number of anilines is 2. The third kappa shape index (κ3) is 2.40. The largest absolute Gasteiger partial charge is 0.416 e. The zero-order valence-corrected chi connectivity index (χ0v) is 11.8. The molecule has 0 saturated heterocycles. The van der Waals surface area contributed by atoms with Gasteiger partial charge in [0, 0.05) is 16.7 Å². The highest BCUT2D eigenvalue weighted by atomic mass is 32.2. The minimum absolute atomic E-state index is 0.233. The monoisotopic (exact) mass is 309 g/mol. The molecule has 0 atom stereocenters. The van der Waals surface area contributed by atoms with Crippen molar-refractivity contribution in [1.82, 2.24) is 0 Å². The third-order valence-corrected chi connectivity index (χ3v) is 4.28. The Labute approximate surface area is 123 Å². The van der Waals surface area contributed by atoms with Crippen LogP contribution >= 0.6 is 11.8 Å². The molecule has 2 aromatic carbocycles. The van der Waals surface area contributed by atoms with Gasteiger partial charge in [-0.15, -0.1) is 0 Å². The molecule has 0 unspecified atom stereocenters. The zero-order valence-electron chi connectivity index (χ0n) is 10.9. The van der Waals surface area contributed by atoms with Gasteiger partial charge in [-0.05, 0) is 30.3 Å². The molecule has 0 aliphatic carbocycles. The lowest BCUT2D eigenvalue weighted by Gasteiger charge is -2.30. The van der Waals surface area contributed by atoms with Crippen LogP contribution in [-0.4, -0.2) is 5.91 Å². The fourth-order valence-electron chi connectivity index (χ4n) is 2.27. The van der Waals surface area contributed by atoms with Gasteiger partial charge in [-0.1, -0.05) is 23.9 Å². The number of hydrogen-bond acceptors (Lipinski definition) is 2. The van der Waals surface area contributed by atoms with Gasteiger partial charge < -0.3 is 0 Å². The van der Waals surface area contributed by atoms with Crippen LogP contribution in [0, 0.1) is 0 Å². The van der Waals surface area contributed by atoms with Crippen LogP contribution in [0.5, 0.6) is 0 Å². The van der Waals surface area contributed by atoms with Crippen LogP contribution in [0.25, 0.3) is 0 Å². The quantitative estimate of drug-likeness (QED) is 0.693. The maximum absolute atomic E-state index is 12.8. The van der Waals surface area contributed by atoms with Crippen molar-refractivity contribution in [2.24, 2.45) is 0 Å². The number of halogens is 3. The number of fused-ring (bicyclic) bond motifs is 2. The normalized spacial score (nSPS) is 13.6. The highest BCUT2D eigenvalue weighted by Gasteiger charge is 2.33. The first-order valence-electron chi connectivity index (χ1n) is 6.17. The Hall–Kier alpha value is -1.95. The lowest BCUT2D eigenvalue weighted by Crippen LogP contribution is -2.25. The van der Waals surface area contributed by atoms with Gasteiger partial charge in [-0.3, -0.25) is 9.69 Å². The Balaban J connectivity index is 2.17. The maximum atomic E-state index is 12.8. The van der Waals surface area contributed by atoms with Crippen molar-refractivity contribution in [2.45, 2.75) is 22.9 Å². The fraction of sp³-hybridized carbons (Fsp3) is 0.133. The molecule has 3 rings (SSSR count). The second-order valence-corrected chi connectivity index (χ2v) is 5.69. The van der Waals surface area contributed by atoms with Crippen molar-refractivity contribution in [3.8, 4) is 0 Å². The number of carbonyl (C=O) groups excluding carboxylic acids is 1. The molecule has 6 heteroatoms. The van der Waals surface area contributed by atoms with E-state index >= 15 is 0 Å². The minimum atomic E-state index is -4.40. The lowest BCUT2D eigenvalue weighted by atomic mass is 10.1. The van der Waals surface area contributed by atoms with E-state index < -0.39 is 11.7 Å². The van der Waals surface area contributed by atoms with Crippen molar-refractivity contribution in [3.05, 3.63) is 48.0 Å². The molecule has 0 N–H and O–H groups in total. The van der Waals surface area contributed by atoms with Gasteiger partial charge in [-0.25, -0.2) is 0 Å². The van der Waals surface area contributed by atoms with Gasteiger partial charge in [0.05, 0.1) is 16.9 Å². The van der Waals surface area contributed by atoms with E-state index in [1.807, 2.05) is 0 Å². The number of alkyl halides is 3. The molecule has 1 aliphatic heterocycles. The molecule has 0 bridgehead atoms. The van der Waals surface area contributed by atoms with E-state index in [-0.39, 0.29) is 5.91 Å². The molecule has 108 valence electrons. The number of benzene rings is 2. The molecule has 0 saturated carbocycles. The van der Waals surface area contributed by atoms with E-state index in [0.717, 1.165) is 17.0 Å². The second kappa shape index (κ2) is 4.80. The van der Waals surface area contributed by atoms with E-state index in [2.05, 4.69) is 0 Å². The lowest BCUT2D eigenvalue weighted by molar-refractivity contribution is -0.137. The minimum Gasteiger partial charge on any atom is -0.279 e. The third-order valence-electron chi connectivity index (χ3n) is 3.17. The molecule has 1 amide bonds. The van der Waals surface area contributed by atoms with E-state index in [0.29, 0.717) is 16.3 Å². The van der Waals surface area contributed by atoms with Crippen LogP contribution in [0.1, 0.15) is 12.5 Å². The van der Waals surface area contributed by atoms with Crippen molar-refractivity contribution < 1.29 is 18.0 Å². The molecule has 0 spiro atoms. The number of hydrogen-bond donors (Lipinski definition) is 0. The van der Waals surface area contributed by atoms with Gasteiger partial charge in [0.15, 0.2) is 0 Å². The molecule has 2 aromatic rings. The summed E-state index contributed by atoms with van der Waals surface area (Å²) in [6.45, 7) is 1.40. The van der Waals surface area contributed by atoms with Crippen molar-refractivity contribution in [2.75, 3.05) is 4.90 Å². The summed E-state index contributed by atoms with van der Waals surface area (Å²) in [6.07, 6.45) is -4.40. The first-order chi connectivity index (χ1) is 9.88. The van der Waals surface area contributed by atoms with Crippen LogP contribution in [0.4, 0.5) is 24.5 Å². The van der Waals surface area contributed by atoms with Gasteiger partial charge in [0.2, 0.25) is 5.91 Å². The Morgan fingerprint density at radius 2 is 1.71 bits per heavy atom. The molecule has 21 heavy (non-hydrogen) atoms. The summed E-state index contributed by atoms with van der Waals surface area (Å²) in [5.41, 5.74) is 0.470. The molecule has 0 fully saturated rings. The maximum Gasteiger partial charge on any atom is 0.416 e. The topological polar surface area (TPSA) is 20.3 Å². The van der Waals surface area contributed by atoms with Gasteiger partial charge in [-0.2, -0.15) is 13.2 Å². The smallest absolute Gasteiger partial charge is 0.279 e. The summed E-state index contributed by atoms with van der Waals surface area (Å²) in [5, 5.41) is 0. The van der Waals surface area contributed by atoms with Gasteiger partial charge in [0.25, 0.3) is 0 Å². The van der Waals surface area contributed by atoms with E-state index in [4.69, 9.17) is 0 Å². The number of carbonyl (C=O) groups is 1. The van der Waals surface area contributed by atoms with Crippen LogP contribution in [0.3, 0.4) is 0 Å². The second-order valence-electron chi connectivity index (χ2n) is 4.60. The Kier molecular flexibility index (Phi) is 3.20. The Bertz CT molecular complexity index is 727. The molecule has 0 aromatic heterocycles. The van der Waals surface area contributed by atoms with E-state index in [1.165, 1.54) is 29.7 Å². The molecule has 2 nitrogen and oxygen atoms in total. The highest BCUT2D eigenvalue weighted by molar-refractivity contribution is 7.99. The first-order valence-corrected chi connectivity index (χ1v) is 6.98. The van der Waals surface area contributed by atoms with Crippen molar-refractivity contribution in [1.29, 1.82) is 0 Å². The van der Waals surface area contributed by atoms with Crippen LogP contribution in [0.15, 0.2) is 52.3 Å². The van der Waals surface area contributed by atoms with Crippen molar-refractivity contribution in [3.63, 3.8) is 0 Å². The van der Waals surface area contributed by atoms with E-state index in [9.17, 15) is 18.0 Å². The summed E-state index contributed by atoms with van der Waals surface area (Å²) in [4.78, 5) is 14.5. The van der Waals surface area contributed by atoms with Gasteiger partial charge >= 0.3 is 6.18 Å². The van der Waals surface area contributed by atoms with Crippen LogP contribution in [-0.2, 0) is 11.0 Å². The first kappa shape index (κ1) is 14.0. The number of para-hydroxylation sites is 1. The summed E-state index contributed by atoms with van der Waals surface area (Å²) in [7, 11) is 0. The molecule has 0 radical (unpaired) electrons. The summed E-state index contributed by atoms with van der Waals surface area (Å²) in [5.74, 6) is -0.233. The summed E-state index contributed by atoms with van der Waals surface area (Å²) >= 11 is 1.24. The zero-order chi connectivity index (χ0) is 15.2. The summed E-state index contributed by atoms with van der Waals surface area (Å²) in [6, 6.07) is 10.6. The Morgan fingerprint density at radius 1 is 1.05 bits per heavy atom. The van der Waals surface area contributed by atoms with E-state index in [1.54, 1.807) is 24.3 Å². The molecule has 1 aliphatic rings. The van der Waals surface area contributed by atoms with Gasteiger partial charge in [0.1, 0.15) is 0 Å². The molecular weight excluding hydrogens is 299 g/mol. The molecular formula is C15H10F3NOS. The van der Waals surface area contributed by atoms with Crippen molar-refractivity contribution >= 4 is 29.0 Å². The standard InChI is InChI=1S/C15H10F3NOS/c1-9(20)19-11-4-2-3-5-13(11)21-14-8-10(15(16,17)18)6-7-12(14)19/h2-8H,1H3. The number of amides is 1. The molecule has 1 heterocycles. The van der Waals surface area contributed by atoms with Crippen LogP contribution < -0.4 is 4.90 Å². The fourth-order valence-corrected chi connectivity index (χ4v) is 3.37.